The lowest BCUT2D eigenvalue weighted by Crippen LogP contribution is -2.33. The SMILES string of the molecule is N[C@@H](Cc1c(F)c(Cl)c(F)c(Cl)c1F)C(=O)O. The molecule has 3 nitrogen and oxygen atoms in total. The molecular formula is C9H6Cl2F3NO2. The first kappa shape index (κ1) is 14.1. The van der Waals surface area contributed by atoms with Crippen LogP contribution in [0.4, 0.5) is 13.2 Å². The second-order valence-corrected chi connectivity index (χ2v) is 3.95. The van der Waals surface area contributed by atoms with E-state index >= 15 is 0 Å². The number of hydrogen-bond donors (Lipinski definition) is 2. The van der Waals surface area contributed by atoms with Gasteiger partial charge in [0.2, 0.25) is 0 Å². The molecule has 0 amide bonds. The van der Waals surface area contributed by atoms with Gasteiger partial charge in [-0.2, -0.15) is 0 Å². The molecule has 0 saturated carbocycles. The summed E-state index contributed by atoms with van der Waals surface area (Å²) in [5, 5.41) is 6.52. The minimum Gasteiger partial charge on any atom is -0.480 e. The summed E-state index contributed by atoms with van der Waals surface area (Å²) in [6, 6.07) is -1.54. The van der Waals surface area contributed by atoms with Crippen molar-refractivity contribution in [2.24, 2.45) is 5.73 Å². The van der Waals surface area contributed by atoms with Crippen molar-refractivity contribution in [3.63, 3.8) is 0 Å². The number of halogens is 5. The molecule has 1 rings (SSSR count). The Hall–Kier alpha value is -0.980. The third-order valence-corrected chi connectivity index (χ3v) is 2.71. The third kappa shape index (κ3) is 2.65. The molecule has 0 heterocycles. The van der Waals surface area contributed by atoms with E-state index in [1.54, 1.807) is 0 Å². The number of carboxylic acid groups (broad SMARTS) is 1. The molecule has 0 bridgehead atoms. The minimum absolute atomic E-state index is 0.688. The fraction of sp³-hybridized carbons (Fsp3) is 0.222. The van der Waals surface area contributed by atoms with Gasteiger partial charge in [0.05, 0.1) is 0 Å². The molecule has 17 heavy (non-hydrogen) atoms. The molecular weight excluding hydrogens is 282 g/mol. The average molecular weight is 288 g/mol. The molecule has 94 valence electrons. The quantitative estimate of drug-likeness (QED) is 0.663. The van der Waals surface area contributed by atoms with Crippen LogP contribution in [0.2, 0.25) is 10.0 Å². The number of nitrogens with two attached hydrogens (primary N) is 1. The van der Waals surface area contributed by atoms with Crippen molar-refractivity contribution in [3.8, 4) is 0 Å². The minimum atomic E-state index is -1.54. The monoisotopic (exact) mass is 287 g/mol. The number of benzene rings is 1. The van der Waals surface area contributed by atoms with E-state index in [2.05, 4.69) is 0 Å². The number of carboxylic acids is 1. The number of carbonyl (C=O) groups is 1. The average Bonchev–Trinajstić information content (AvgIpc) is 2.29. The lowest BCUT2D eigenvalue weighted by Gasteiger charge is -2.11. The smallest absolute Gasteiger partial charge is 0.320 e. The van der Waals surface area contributed by atoms with Gasteiger partial charge in [0.25, 0.3) is 0 Å². The number of aliphatic carboxylic acids is 1. The van der Waals surface area contributed by atoms with Gasteiger partial charge in [0.1, 0.15) is 16.1 Å². The van der Waals surface area contributed by atoms with Crippen molar-refractivity contribution < 1.29 is 23.1 Å². The van der Waals surface area contributed by atoms with Gasteiger partial charge < -0.3 is 10.8 Å². The maximum Gasteiger partial charge on any atom is 0.320 e. The normalized spacial score (nSPS) is 12.6. The first-order valence-electron chi connectivity index (χ1n) is 4.26. The fourth-order valence-electron chi connectivity index (χ4n) is 1.14. The topological polar surface area (TPSA) is 63.3 Å². The Morgan fingerprint density at radius 2 is 1.59 bits per heavy atom. The zero-order valence-corrected chi connectivity index (χ0v) is 9.62. The zero-order valence-electron chi connectivity index (χ0n) is 8.11. The maximum atomic E-state index is 13.4. The van der Waals surface area contributed by atoms with E-state index in [-0.39, 0.29) is 0 Å². The molecule has 0 aliphatic heterocycles. The van der Waals surface area contributed by atoms with Crippen LogP contribution in [0.5, 0.6) is 0 Å². The highest BCUT2D eigenvalue weighted by molar-refractivity contribution is 6.35. The summed E-state index contributed by atoms with van der Waals surface area (Å²) >= 11 is 10.5. The van der Waals surface area contributed by atoms with Gasteiger partial charge in [0, 0.05) is 12.0 Å². The molecule has 0 fully saturated rings. The van der Waals surface area contributed by atoms with Crippen molar-refractivity contribution in [3.05, 3.63) is 33.1 Å². The summed E-state index contributed by atoms with van der Waals surface area (Å²) in [5.74, 6) is -5.69. The summed E-state index contributed by atoms with van der Waals surface area (Å²) in [4.78, 5) is 10.5. The van der Waals surface area contributed by atoms with E-state index in [1.807, 2.05) is 0 Å². The van der Waals surface area contributed by atoms with E-state index in [4.69, 9.17) is 34.0 Å². The molecule has 0 radical (unpaired) electrons. The Labute approximate surface area is 104 Å². The van der Waals surface area contributed by atoms with E-state index in [9.17, 15) is 18.0 Å². The Kier molecular flexibility index (Phi) is 4.24. The van der Waals surface area contributed by atoms with E-state index < -0.39 is 51.5 Å². The Bertz CT molecular complexity index is 453. The Morgan fingerprint density at radius 3 is 1.94 bits per heavy atom. The fourth-order valence-corrected chi connectivity index (χ4v) is 1.60. The van der Waals surface area contributed by atoms with Gasteiger partial charge in [-0.1, -0.05) is 23.2 Å². The van der Waals surface area contributed by atoms with Crippen LogP contribution in [0.3, 0.4) is 0 Å². The second-order valence-electron chi connectivity index (χ2n) is 3.20. The molecule has 0 unspecified atom stereocenters. The van der Waals surface area contributed by atoms with Crippen LogP contribution in [-0.2, 0) is 11.2 Å². The summed E-state index contributed by atoms with van der Waals surface area (Å²) in [6.45, 7) is 0. The van der Waals surface area contributed by atoms with Crippen LogP contribution in [0.15, 0.2) is 0 Å². The standard InChI is InChI=1S/C9H6Cl2F3NO2/c10-4-6(12)2(1-3(15)9(16)17)7(13)5(11)8(4)14/h3H,1,15H2,(H,16,17)/t3-/m0/s1. The van der Waals surface area contributed by atoms with Gasteiger partial charge in [0.15, 0.2) is 17.5 Å². The highest BCUT2D eigenvalue weighted by Gasteiger charge is 2.25. The predicted molar refractivity (Wildman–Crippen MR) is 55.7 cm³/mol. The Morgan fingerprint density at radius 1 is 1.18 bits per heavy atom. The first-order chi connectivity index (χ1) is 7.77. The summed E-state index contributed by atoms with van der Waals surface area (Å²) in [6.07, 6.45) is -0.688. The van der Waals surface area contributed by atoms with E-state index in [0.717, 1.165) is 0 Å². The van der Waals surface area contributed by atoms with Crippen molar-refractivity contribution in [2.75, 3.05) is 0 Å². The van der Waals surface area contributed by atoms with Gasteiger partial charge in [-0.15, -0.1) is 0 Å². The van der Waals surface area contributed by atoms with Crippen molar-refractivity contribution >= 4 is 29.2 Å². The van der Waals surface area contributed by atoms with E-state index in [1.165, 1.54) is 0 Å². The lowest BCUT2D eigenvalue weighted by molar-refractivity contribution is -0.138. The van der Waals surface area contributed by atoms with Crippen LogP contribution in [0.1, 0.15) is 5.56 Å². The van der Waals surface area contributed by atoms with Crippen molar-refractivity contribution in [2.45, 2.75) is 12.5 Å². The molecule has 0 saturated heterocycles. The number of rotatable bonds is 3. The summed E-state index contributed by atoms with van der Waals surface area (Å²) in [5.41, 5.74) is 4.36. The van der Waals surface area contributed by atoms with Crippen LogP contribution < -0.4 is 5.73 Å². The summed E-state index contributed by atoms with van der Waals surface area (Å²) < 4.78 is 39.9. The molecule has 3 N–H and O–H groups in total. The molecule has 0 aromatic heterocycles. The van der Waals surface area contributed by atoms with Crippen LogP contribution in [-0.4, -0.2) is 17.1 Å². The summed E-state index contributed by atoms with van der Waals surface area (Å²) in [7, 11) is 0. The lowest BCUT2D eigenvalue weighted by atomic mass is 10.1. The van der Waals surface area contributed by atoms with E-state index in [0.29, 0.717) is 0 Å². The van der Waals surface area contributed by atoms with Gasteiger partial charge in [-0.3, -0.25) is 4.79 Å². The van der Waals surface area contributed by atoms with Gasteiger partial charge in [-0.25, -0.2) is 13.2 Å². The third-order valence-electron chi connectivity index (χ3n) is 2.04. The maximum absolute atomic E-state index is 13.4. The largest absolute Gasteiger partial charge is 0.480 e. The predicted octanol–water partition coefficient (Wildman–Crippen LogP) is 2.37. The first-order valence-corrected chi connectivity index (χ1v) is 5.01. The second kappa shape index (κ2) is 5.12. The highest BCUT2D eigenvalue weighted by Crippen LogP contribution is 2.32. The van der Waals surface area contributed by atoms with Gasteiger partial charge in [-0.05, 0) is 0 Å². The van der Waals surface area contributed by atoms with Crippen LogP contribution in [0.25, 0.3) is 0 Å². The molecule has 0 aliphatic rings. The Balaban J connectivity index is 3.30. The molecule has 0 spiro atoms. The van der Waals surface area contributed by atoms with Crippen LogP contribution >= 0.6 is 23.2 Å². The molecule has 1 aromatic rings. The number of hydrogen-bond acceptors (Lipinski definition) is 2. The molecule has 0 aliphatic carbocycles. The molecule has 8 heteroatoms. The highest BCUT2D eigenvalue weighted by atomic mass is 35.5. The van der Waals surface area contributed by atoms with Gasteiger partial charge >= 0.3 is 5.97 Å². The van der Waals surface area contributed by atoms with Crippen molar-refractivity contribution in [1.29, 1.82) is 0 Å². The molecule has 1 atom stereocenters. The van der Waals surface area contributed by atoms with Crippen LogP contribution in [0, 0.1) is 17.5 Å². The van der Waals surface area contributed by atoms with Crippen molar-refractivity contribution in [1.82, 2.24) is 0 Å². The molecule has 1 aromatic carbocycles. The zero-order chi connectivity index (χ0) is 13.3.